The summed E-state index contributed by atoms with van der Waals surface area (Å²) in [5, 5.41) is 3.30. The van der Waals surface area contributed by atoms with Gasteiger partial charge in [-0.1, -0.05) is 11.6 Å². The van der Waals surface area contributed by atoms with Gasteiger partial charge < -0.3 is 20.8 Å². The second kappa shape index (κ2) is 6.33. The number of rotatable bonds is 4. The lowest BCUT2D eigenvalue weighted by Gasteiger charge is -2.07. The standard InChI is InChI=1S/C16H14ClN5O3/c1-22-11-6-8(25-9-4-5-20-12(17)7-9)2-3-10(11)13(14(18)23)15(22)21-16(19)24/h2-7H,1H3,(H2,18,23)(H3,19,21,24). The second-order valence-electron chi connectivity index (χ2n) is 5.23. The summed E-state index contributed by atoms with van der Waals surface area (Å²) in [6, 6.07) is 7.51. The van der Waals surface area contributed by atoms with Crippen molar-refractivity contribution < 1.29 is 14.3 Å². The number of ether oxygens (including phenoxy) is 1. The first kappa shape index (κ1) is 16.6. The minimum atomic E-state index is -0.795. The lowest BCUT2D eigenvalue weighted by atomic mass is 10.1. The molecule has 0 saturated heterocycles. The lowest BCUT2D eigenvalue weighted by molar-refractivity contribution is 0.100. The first-order chi connectivity index (χ1) is 11.9. The van der Waals surface area contributed by atoms with E-state index in [9.17, 15) is 9.59 Å². The SMILES string of the molecule is Cn1c(NC(N)=O)c(C(N)=O)c2ccc(Oc3ccnc(Cl)c3)cc21. The molecule has 3 rings (SSSR count). The zero-order chi connectivity index (χ0) is 18.1. The van der Waals surface area contributed by atoms with E-state index in [1.807, 2.05) is 0 Å². The van der Waals surface area contributed by atoms with Crippen LogP contribution in [-0.2, 0) is 7.05 Å². The highest BCUT2D eigenvalue weighted by Crippen LogP contribution is 2.33. The van der Waals surface area contributed by atoms with Gasteiger partial charge >= 0.3 is 6.03 Å². The lowest BCUT2D eigenvalue weighted by Crippen LogP contribution is -2.23. The number of halogens is 1. The van der Waals surface area contributed by atoms with Gasteiger partial charge in [-0.05, 0) is 18.2 Å². The van der Waals surface area contributed by atoms with E-state index in [2.05, 4.69) is 10.3 Å². The van der Waals surface area contributed by atoms with Gasteiger partial charge in [-0.2, -0.15) is 0 Å². The van der Waals surface area contributed by atoms with Crippen molar-refractivity contribution >= 4 is 40.3 Å². The molecule has 0 atom stereocenters. The summed E-state index contributed by atoms with van der Waals surface area (Å²) < 4.78 is 7.35. The Morgan fingerprint density at radius 3 is 2.56 bits per heavy atom. The van der Waals surface area contributed by atoms with Crippen molar-refractivity contribution in [3.63, 3.8) is 0 Å². The van der Waals surface area contributed by atoms with Gasteiger partial charge in [0.05, 0.1) is 11.1 Å². The molecule has 9 heteroatoms. The number of nitrogens with two attached hydrogens (primary N) is 2. The Morgan fingerprint density at radius 1 is 1.20 bits per heavy atom. The average Bonchev–Trinajstić information content (AvgIpc) is 2.79. The Kier molecular flexibility index (Phi) is 4.20. The van der Waals surface area contributed by atoms with Gasteiger partial charge in [0.25, 0.3) is 5.91 Å². The van der Waals surface area contributed by atoms with Gasteiger partial charge in [0.2, 0.25) is 0 Å². The highest BCUT2D eigenvalue weighted by atomic mass is 35.5. The number of nitrogens with one attached hydrogen (secondary N) is 1. The Morgan fingerprint density at radius 2 is 1.92 bits per heavy atom. The van der Waals surface area contributed by atoms with Crippen LogP contribution in [0.2, 0.25) is 5.15 Å². The normalized spacial score (nSPS) is 10.6. The number of benzene rings is 1. The molecule has 3 aromatic rings. The van der Waals surface area contributed by atoms with Crippen molar-refractivity contribution in [1.29, 1.82) is 0 Å². The van der Waals surface area contributed by atoms with Gasteiger partial charge in [-0.3, -0.25) is 10.1 Å². The Hall–Kier alpha value is -3.26. The molecule has 0 saturated carbocycles. The molecule has 0 radical (unpaired) electrons. The molecule has 2 heterocycles. The fourth-order valence-electron chi connectivity index (χ4n) is 2.58. The monoisotopic (exact) mass is 359 g/mol. The number of pyridine rings is 1. The van der Waals surface area contributed by atoms with Gasteiger partial charge in [0, 0.05) is 30.8 Å². The number of anilines is 1. The summed E-state index contributed by atoms with van der Waals surface area (Å²) in [6.45, 7) is 0. The smallest absolute Gasteiger partial charge is 0.317 e. The maximum atomic E-state index is 11.8. The topological polar surface area (TPSA) is 125 Å². The molecule has 3 amide bonds. The molecule has 25 heavy (non-hydrogen) atoms. The summed E-state index contributed by atoms with van der Waals surface area (Å²) in [4.78, 5) is 26.9. The minimum absolute atomic E-state index is 0.176. The average molecular weight is 360 g/mol. The Labute approximate surface area is 147 Å². The predicted octanol–water partition coefficient (Wildman–Crippen LogP) is 2.61. The van der Waals surface area contributed by atoms with E-state index in [1.54, 1.807) is 41.9 Å². The zero-order valence-electron chi connectivity index (χ0n) is 13.1. The maximum Gasteiger partial charge on any atom is 0.317 e. The van der Waals surface area contributed by atoms with Crippen LogP contribution in [0.25, 0.3) is 10.9 Å². The molecular weight excluding hydrogens is 346 g/mol. The molecule has 0 aliphatic rings. The van der Waals surface area contributed by atoms with Crippen molar-refractivity contribution in [3.05, 3.63) is 47.2 Å². The highest BCUT2D eigenvalue weighted by Gasteiger charge is 2.21. The Balaban J connectivity index is 2.09. The third-order valence-electron chi connectivity index (χ3n) is 3.59. The number of nitrogens with zero attached hydrogens (tertiary/aromatic N) is 2. The van der Waals surface area contributed by atoms with Crippen LogP contribution in [-0.4, -0.2) is 21.5 Å². The molecular formula is C16H14ClN5O3. The van der Waals surface area contributed by atoms with Gasteiger partial charge in [0.15, 0.2) is 0 Å². The summed E-state index contributed by atoms with van der Waals surface area (Å²) in [6.07, 6.45) is 1.53. The van der Waals surface area contributed by atoms with Crippen molar-refractivity contribution in [1.82, 2.24) is 9.55 Å². The number of carbonyl (C=O) groups excluding carboxylic acids is 2. The molecule has 8 nitrogen and oxygen atoms in total. The number of carbonyl (C=O) groups is 2. The highest BCUT2D eigenvalue weighted by molar-refractivity contribution is 6.29. The third-order valence-corrected chi connectivity index (χ3v) is 3.80. The van der Waals surface area contributed by atoms with Crippen LogP contribution in [0.3, 0.4) is 0 Å². The van der Waals surface area contributed by atoms with Gasteiger partial charge in [-0.15, -0.1) is 0 Å². The minimum Gasteiger partial charge on any atom is -0.457 e. The van der Waals surface area contributed by atoms with Crippen molar-refractivity contribution in [3.8, 4) is 11.5 Å². The first-order valence-corrected chi connectivity index (χ1v) is 7.52. The number of amides is 3. The van der Waals surface area contributed by atoms with Crippen LogP contribution < -0.4 is 21.5 Å². The molecule has 0 spiro atoms. The maximum absolute atomic E-state index is 11.8. The number of hydrogen-bond acceptors (Lipinski definition) is 4. The summed E-state index contributed by atoms with van der Waals surface area (Å²) >= 11 is 5.84. The molecule has 1 aromatic carbocycles. The quantitative estimate of drug-likeness (QED) is 0.619. The van der Waals surface area contributed by atoms with Crippen LogP contribution >= 0.6 is 11.6 Å². The number of aromatic nitrogens is 2. The molecule has 0 aliphatic heterocycles. The van der Waals surface area contributed by atoms with Crippen LogP contribution in [0, 0.1) is 0 Å². The largest absolute Gasteiger partial charge is 0.457 e. The number of aryl methyl sites for hydroxylation is 1. The third kappa shape index (κ3) is 3.20. The molecule has 0 fully saturated rings. The molecule has 0 aliphatic carbocycles. The van der Waals surface area contributed by atoms with E-state index in [1.165, 1.54) is 6.20 Å². The second-order valence-corrected chi connectivity index (χ2v) is 5.62. The number of primary amides is 2. The summed E-state index contributed by atoms with van der Waals surface area (Å²) in [7, 11) is 1.67. The van der Waals surface area contributed by atoms with E-state index in [0.29, 0.717) is 27.6 Å². The van der Waals surface area contributed by atoms with E-state index in [-0.39, 0.29) is 11.4 Å². The first-order valence-electron chi connectivity index (χ1n) is 7.15. The fraction of sp³-hybridized carbons (Fsp3) is 0.0625. The van der Waals surface area contributed by atoms with Crippen LogP contribution in [0.4, 0.5) is 10.6 Å². The molecule has 0 unspecified atom stereocenters. The van der Waals surface area contributed by atoms with Gasteiger partial charge in [0.1, 0.15) is 22.5 Å². The number of fused-ring (bicyclic) bond motifs is 1. The number of hydrogen-bond donors (Lipinski definition) is 3. The zero-order valence-corrected chi connectivity index (χ0v) is 13.9. The Bertz CT molecular complexity index is 999. The van der Waals surface area contributed by atoms with E-state index in [0.717, 1.165) is 0 Å². The molecule has 5 N–H and O–H groups in total. The van der Waals surface area contributed by atoms with E-state index >= 15 is 0 Å². The fourth-order valence-corrected chi connectivity index (χ4v) is 2.74. The summed E-state index contributed by atoms with van der Waals surface area (Å²) in [5.74, 6) is 0.569. The van der Waals surface area contributed by atoms with Crippen LogP contribution in [0.5, 0.6) is 11.5 Å². The van der Waals surface area contributed by atoms with Crippen molar-refractivity contribution in [2.75, 3.05) is 5.32 Å². The predicted molar refractivity (Wildman–Crippen MR) is 94.0 cm³/mol. The van der Waals surface area contributed by atoms with E-state index < -0.39 is 11.9 Å². The van der Waals surface area contributed by atoms with Crippen molar-refractivity contribution in [2.45, 2.75) is 0 Å². The molecule has 128 valence electrons. The van der Waals surface area contributed by atoms with Crippen LogP contribution in [0.15, 0.2) is 36.5 Å². The number of urea groups is 1. The molecule has 2 aromatic heterocycles. The summed E-state index contributed by atoms with van der Waals surface area (Å²) in [5.41, 5.74) is 11.4. The molecule has 0 bridgehead atoms. The van der Waals surface area contributed by atoms with Crippen LogP contribution in [0.1, 0.15) is 10.4 Å². The van der Waals surface area contributed by atoms with E-state index in [4.69, 9.17) is 27.8 Å². The van der Waals surface area contributed by atoms with Gasteiger partial charge in [-0.25, -0.2) is 9.78 Å². The van der Waals surface area contributed by atoms with Crippen molar-refractivity contribution in [2.24, 2.45) is 18.5 Å².